The van der Waals surface area contributed by atoms with E-state index in [1.165, 1.54) is 16.8 Å². The number of aryl methyl sites for hydroxylation is 1. The van der Waals surface area contributed by atoms with E-state index >= 15 is 0 Å². The smallest absolute Gasteiger partial charge is 0.0606 e. The molecular formula is C15H26N2O. The summed E-state index contributed by atoms with van der Waals surface area (Å²) >= 11 is 0. The van der Waals surface area contributed by atoms with Gasteiger partial charge in [-0.05, 0) is 31.0 Å². The monoisotopic (exact) mass is 250 g/mol. The molecule has 1 rings (SSSR count). The molecule has 0 aliphatic carbocycles. The summed E-state index contributed by atoms with van der Waals surface area (Å²) in [5, 5.41) is 12.5. The van der Waals surface area contributed by atoms with Gasteiger partial charge in [-0.2, -0.15) is 0 Å². The lowest BCUT2D eigenvalue weighted by atomic mass is 10.1. The molecule has 0 atom stereocenters. The highest BCUT2D eigenvalue weighted by Crippen LogP contribution is 2.20. The molecule has 0 unspecified atom stereocenters. The molecule has 0 heterocycles. The normalized spacial score (nSPS) is 11.0. The molecule has 0 fully saturated rings. The molecule has 0 aliphatic rings. The molecule has 3 heteroatoms. The number of rotatable bonds is 7. The van der Waals surface area contributed by atoms with Crippen LogP contribution in [0.3, 0.4) is 0 Å². The van der Waals surface area contributed by atoms with Gasteiger partial charge in [0.05, 0.1) is 6.61 Å². The number of aliphatic hydroxyl groups is 1. The van der Waals surface area contributed by atoms with Crippen LogP contribution in [0.4, 0.5) is 5.69 Å². The van der Waals surface area contributed by atoms with Gasteiger partial charge in [-0.3, -0.25) is 0 Å². The minimum absolute atomic E-state index is 0.184. The molecule has 2 N–H and O–H groups in total. The van der Waals surface area contributed by atoms with Crippen molar-refractivity contribution in [2.24, 2.45) is 5.92 Å². The molecule has 0 aliphatic heterocycles. The first kappa shape index (κ1) is 15.0. The van der Waals surface area contributed by atoms with Crippen molar-refractivity contribution in [1.82, 2.24) is 5.32 Å². The number of benzene rings is 1. The van der Waals surface area contributed by atoms with Crippen LogP contribution in [0.1, 0.15) is 25.0 Å². The number of nitrogens with one attached hydrogen (secondary N) is 1. The lowest BCUT2D eigenvalue weighted by Gasteiger charge is -2.22. The third kappa shape index (κ3) is 4.67. The van der Waals surface area contributed by atoms with Crippen LogP contribution in [-0.2, 0) is 6.54 Å². The van der Waals surface area contributed by atoms with Gasteiger partial charge in [0, 0.05) is 25.8 Å². The Bertz CT molecular complexity index is 364. The maximum Gasteiger partial charge on any atom is 0.0606 e. The van der Waals surface area contributed by atoms with Crippen molar-refractivity contribution in [1.29, 1.82) is 0 Å². The Morgan fingerprint density at radius 1 is 1.33 bits per heavy atom. The molecular weight excluding hydrogens is 224 g/mol. The first-order valence-corrected chi connectivity index (χ1v) is 6.66. The van der Waals surface area contributed by atoms with Crippen molar-refractivity contribution in [2.45, 2.75) is 27.3 Å². The van der Waals surface area contributed by atoms with Crippen LogP contribution in [0.15, 0.2) is 18.2 Å². The summed E-state index contributed by atoms with van der Waals surface area (Å²) in [5.74, 6) is 0.661. The van der Waals surface area contributed by atoms with Crippen LogP contribution in [0, 0.1) is 12.8 Å². The summed E-state index contributed by atoms with van der Waals surface area (Å²) in [6, 6.07) is 6.48. The topological polar surface area (TPSA) is 35.5 Å². The second-order valence-corrected chi connectivity index (χ2v) is 5.30. The zero-order valence-corrected chi connectivity index (χ0v) is 12.0. The molecule has 0 spiro atoms. The molecule has 0 saturated heterocycles. The van der Waals surface area contributed by atoms with Gasteiger partial charge >= 0.3 is 0 Å². The lowest BCUT2D eigenvalue weighted by molar-refractivity contribution is 0.304. The predicted octanol–water partition coefficient (Wildman–Crippen LogP) is 2.17. The molecule has 18 heavy (non-hydrogen) atoms. The highest BCUT2D eigenvalue weighted by Gasteiger charge is 2.07. The van der Waals surface area contributed by atoms with Gasteiger partial charge in [-0.25, -0.2) is 0 Å². The number of nitrogens with zero attached hydrogens (tertiary/aromatic N) is 1. The SMILES string of the molecule is Cc1ccc(N(C)CCO)c(CNCC(C)C)c1. The highest BCUT2D eigenvalue weighted by molar-refractivity contribution is 5.54. The van der Waals surface area contributed by atoms with Crippen LogP contribution >= 0.6 is 0 Å². The van der Waals surface area contributed by atoms with Crippen LogP contribution in [0.25, 0.3) is 0 Å². The van der Waals surface area contributed by atoms with E-state index < -0.39 is 0 Å². The van der Waals surface area contributed by atoms with E-state index in [1.807, 2.05) is 7.05 Å². The van der Waals surface area contributed by atoms with E-state index in [2.05, 4.69) is 49.2 Å². The Balaban J connectivity index is 2.76. The van der Waals surface area contributed by atoms with Crippen LogP contribution < -0.4 is 10.2 Å². The quantitative estimate of drug-likeness (QED) is 0.778. The van der Waals surface area contributed by atoms with E-state index in [4.69, 9.17) is 5.11 Å². The van der Waals surface area contributed by atoms with Gasteiger partial charge in [-0.1, -0.05) is 31.5 Å². The Morgan fingerprint density at radius 2 is 2.06 bits per heavy atom. The third-order valence-corrected chi connectivity index (χ3v) is 2.95. The van der Waals surface area contributed by atoms with Gasteiger partial charge in [-0.15, -0.1) is 0 Å². The van der Waals surface area contributed by atoms with Crippen molar-refractivity contribution < 1.29 is 5.11 Å². The maximum atomic E-state index is 9.04. The zero-order chi connectivity index (χ0) is 13.5. The Kier molecular flexibility index (Phi) is 6.16. The average molecular weight is 250 g/mol. The molecule has 0 bridgehead atoms. The lowest BCUT2D eigenvalue weighted by Crippen LogP contribution is -2.25. The van der Waals surface area contributed by atoms with Crippen molar-refractivity contribution in [2.75, 3.05) is 31.6 Å². The summed E-state index contributed by atoms with van der Waals surface area (Å²) in [4.78, 5) is 2.10. The van der Waals surface area contributed by atoms with Gasteiger partial charge in [0.15, 0.2) is 0 Å². The Labute approximate surface area is 111 Å². The Morgan fingerprint density at radius 3 is 2.67 bits per heavy atom. The fourth-order valence-corrected chi connectivity index (χ4v) is 1.99. The van der Waals surface area contributed by atoms with E-state index in [0.717, 1.165) is 13.1 Å². The number of likely N-dealkylation sites (N-methyl/N-ethyl adjacent to an activating group) is 1. The minimum atomic E-state index is 0.184. The maximum absolute atomic E-state index is 9.04. The summed E-state index contributed by atoms with van der Waals surface area (Å²) in [7, 11) is 2.02. The van der Waals surface area contributed by atoms with Crippen LogP contribution in [0.5, 0.6) is 0 Å². The van der Waals surface area contributed by atoms with E-state index in [0.29, 0.717) is 12.5 Å². The molecule has 102 valence electrons. The van der Waals surface area contributed by atoms with E-state index in [9.17, 15) is 0 Å². The first-order chi connectivity index (χ1) is 8.54. The summed E-state index contributed by atoms with van der Waals surface area (Å²) in [6.45, 7) is 9.29. The van der Waals surface area contributed by atoms with Crippen LogP contribution in [0.2, 0.25) is 0 Å². The summed E-state index contributed by atoms with van der Waals surface area (Å²) in [5.41, 5.74) is 3.77. The summed E-state index contributed by atoms with van der Waals surface area (Å²) < 4.78 is 0. The second-order valence-electron chi connectivity index (χ2n) is 5.30. The third-order valence-electron chi connectivity index (χ3n) is 2.95. The van der Waals surface area contributed by atoms with Crippen molar-refractivity contribution in [3.8, 4) is 0 Å². The predicted molar refractivity (Wildman–Crippen MR) is 78.1 cm³/mol. The molecule has 0 amide bonds. The van der Waals surface area contributed by atoms with Gasteiger partial charge in [0.25, 0.3) is 0 Å². The summed E-state index contributed by atoms with van der Waals surface area (Å²) in [6.07, 6.45) is 0. The van der Waals surface area contributed by atoms with Gasteiger partial charge in [0.2, 0.25) is 0 Å². The van der Waals surface area contributed by atoms with Crippen LogP contribution in [-0.4, -0.2) is 31.9 Å². The Hall–Kier alpha value is -1.06. The van der Waals surface area contributed by atoms with Gasteiger partial charge < -0.3 is 15.3 Å². The van der Waals surface area contributed by atoms with E-state index in [1.54, 1.807) is 0 Å². The second kappa shape index (κ2) is 7.39. The molecule has 0 saturated carbocycles. The minimum Gasteiger partial charge on any atom is -0.395 e. The molecule has 1 aromatic rings. The number of aliphatic hydroxyl groups excluding tert-OH is 1. The van der Waals surface area contributed by atoms with E-state index in [-0.39, 0.29) is 6.61 Å². The molecule has 1 aromatic carbocycles. The molecule has 0 radical (unpaired) electrons. The zero-order valence-electron chi connectivity index (χ0n) is 12.0. The first-order valence-electron chi connectivity index (χ1n) is 6.66. The molecule has 3 nitrogen and oxygen atoms in total. The number of hydrogen-bond acceptors (Lipinski definition) is 3. The van der Waals surface area contributed by atoms with Crippen molar-refractivity contribution >= 4 is 5.69 Å². The van der Waals surface area contributed by atoms with Crippen molar-refractivity contribution in [3.63, 3.8) is 0 Å². The average Bonchev–Trinajstić information content (AvgIpc) is 2.29. The largest absolute Gasteiger partial charge is 0.395 e. The standard InChI is InChI=1S/C15H26N2O/c1-12(2)10-16-11-14-9-13(3)5-6-15(14)17(4)7-8-18/h5-6,9,12,16,18H,7-8,10-11H2,1-4H3. The molecule has 0 aromatic heterocycles. The fourth-order valence-electron chi connectivity index (χ4n) is 1.99. The number of hydrogen-bond donors (Lipinski definition) is 2. The highest BCUT2D eigenvalue weighted by atomic mass is 16.3. The van der Waals surface area contributed by atoms with Crippen molar-refractivity contribution in [3.05, 3.63) is 29.3 Å². The van der Waals surface area contributed by atoms with Gasteiger partial charge in [0.1, 0.15) is 0 Å². The number of anilines is 1. The fraction of sp³-hybridized carbons (Fsp3) is 0.600.